The van der Waals surface area contributed by atoms with Crippen LogP contribution < -0.4 is 14.4 Å². The van der Waals surface area contributed by atoms with Gasteiger partial charge >= 0.3 is 0 Å². The van der Waals surface area contributed by atoms with Crippen molar-refractivity contribution in [2.45, 2.75) is 96.4 Å². The summed E-state index contributed by atoms with van der Waals surface area (Å²) >= 11 is 1.53. The highest BCUT2D eigenvalue weighted by Gasteiger charge is 2.27. The zero-order valence-electron chi connectivity index (χ0n) is 27.5. The number of aryl methyl sites for hydroxylation is 2. The number of hydrogen-bond donors (Lipinski definition) is 1. The van der Waals surface area contributed by atoms with Crippen LogP contribution in [0.1, 0.15) is 87.6 Å². The Hall–Kier alpha value is -3.58. The van der Waals surface area contributed by atoms with Crippen LogP contribution in [0.3, 0.4) is 0 Å². The molecule has 4 bridgehead atoms. The summed E-state index contributed by atoms with van der Waals surface area (Å²) in [6.45, 7) is 12.6. The van der Waals surface area contributed by atoms with E-state index in [4.69, 9.17) is 19.7 Å². The molecule has 7 heteroatoms. The first-order valence-corrected chi connectivity index (χ1v) is 17.4. The molecular weight excluding hydrogens is 575 g/mol. The highest BCUT2D eigenvalue weighted by Crippen LogP contribution is 2.35. The maximum Gasteiger partial charge on any atom is 0.237 e. The SMILES string of the molecule is Cc1cccc(C)c1-c1cc2nc(n1)NSc1cccc(c1)N(CCc1ccc(C3CCCCC3)cn1)C(CC(C)(C)C)CO2. The van der Waals surface area contributed by atoms with Gasteiger partial charge in [0, 0.05) is 47.1 Å². The summed E-state index contributed by atoms with van der Waals surface area (Å²) in [5.41, 5.74) is 8.22. The largest absolute Gasteiger partial charge is 0.475 e. The highest BCUT2D eigenvalue weighted by atomic mass is 32.2. The molecule has 0 saturated heterocycles. The van der Waals surface area contributed by atoms with Gasteiger partial charge in [0.2, 0.25) is 11.8 Å². The van der Waals surface area contributed by atoms with Gasteiger partial charge in [0.05, 0.1) is 11.7 Å². The quantitative estimate of drug-likeness (QED) is 0.215. The van der Waals surface area contributed by atoms with Crippen LogP contribution in [-0.4, -0.2) is 34.1 Å². The van der Waals surface area contributed by atoms with E-state index in [9.17, 15) is 0 Å². The van der Waals surface area contributed by atoms with Crippen molar-refractivity contribution in [3.63, 3.8) is 0 Å². The molecule has 0 radical (unpaired) electrons. The minimum atomic E-state index is 0.109. The van der Waals surface area contributed by atoms with Gasteiger partial charge in [-0.2, -0.15) is 4.98 Å². The van der Waals surface area contributed by atoms with E-state index in [1.54, 1.807) is 0 Å². The molecule has 1 atom stereocenters. The van der Waals surface area contributed by atoms with Crippen LogP contribution in [0.4, 0.5) is 11.6 Å². The fourth-order valence-electron chi connectivity index (χ4n) is 6.89. The zero-order chi connectivity index (χ0) is 31.4. The predicted octanol–water partition coefficient (Wildman–Crippen LogP) is 9.57. The number of hydrogen-bond acceptors (Lipinski definition) is 7. The van der Waals surface area contributed by atoms with E-state index in [-0.39, 0.29) is 11.5 Å². The topological polar surface area (TPSA) is 63.2 Å². The lowest BCUT2D eigenvalue weighted by molar-refractivity contribution is 0.227. The second-order valence-corrected chi connectivity index (χ2v) is 14.9. The van der Waals surface area contributed by atoms with Gasteiger partial charge in [0.25, 0.3) is 0 Å². The standard InChI is InChI=1S/C38H47N5OS/c1-26-11-9-12-27(2)36(26)34-22-35-41-37(40-34)42-45-33-16-10-15-31(21-33)43(32(25-44-35)23-38(3,4)5)20-19-30-18-17-29(24-39-30)28-13-7-6-8-14-28/h9-12,15-18,21-22,24,28,32H,6-8,13-14,19-20,23,25H2,1-5H3,(H,40,41,42). The second-order valence-electron chi connectivity index (χ2n) is 14.0. The number of nitrogens with one attached hydrogen (secondary N) is 1. The monoisotopic (exact) mass is 621 g/mol. The summed E-state index contributed by atoms with van der Waals surface area (Å²) in [6.07, 6.45) is 10.6. The first kappa shape index (κ1) is 31.4. The summed E-state index contributed by atoms with van der Waals surface area (Å²) in [5.74, 6) is 1.82. The van der Waals surface area contributed by atoms with E-state index >= 15 is 0 Å². The Balaban J connectivity index is 1.30. The maximum absolute atomic E-state index is 6.60. The van der Waals surface area contributed by atoms with Crippen molar-refractivity contribution in [1.29, 1.82) is 0 Å². The molecule has 1 saturated carbocycles. The van der Waals surface area contributed by atoms with Gasteiger partial charge in [-0.1, -0.05) is 70.4 Å². The van der Waals surface area contributed by atoms with Crippen LogP contribution in [0.25, 0.3) is 11.3 Å². The molecule has 2 aliphatic rings. The Labute approximate surface area is 273 Å². The predicted molar refractivity (Wildman–Crippen MR) is 187 cm³/mol. The third kappa shape index (κ3) is 7.99. The third-order valence-corrected chi connectivity index (χ3v) is 9.87. The highest BCUT2D eigenvalue weighted by molar-refractivity contribution is 8.00. The van der Waals surface area contributed by atoms with Gasteiger partial charge in [-0.15, -0.1) is 0 Å². The van der Waals surface area contributed by atoms with Crippen molar-refractivity contribution >= 4 is 23.6 Å². The van der Waals surface area contributed by atoms with E-state index in [1.807, 2.05) is 6.07 Å². The molecule has 1 aliphatic heterocycles. The van der Waals surface area contributed by atoms with E-state index in [2.05, 4.69) is 105 Å². The molecule has 45 heavy (non-hydrogen) atoms. The van der Waals surface area contributed by atoms with Gasteiger partial charge in [0.1, 0.15) is 6.61 Å². The van der Waals surface area contributed by atoms with Crippen molar-refractivity contribution in [2.75, 3.05) is 22.8 Å². The van der Waals surface area contributed by atoms with E-state index in [1.165, 1.54) is 66.4 Å². The zero-order valence-corrected chi connectivity index (χ0v) is 28.3. The smallest absolute Gasteiger partial charge is 0.237 e. The Morgan fingerprint density at radius 3 is 2.44 bits per heavy atom. The molecule has 1 aliphatic carbocycles. The molecule has 236 valence electrons. The number of rotatable bonds is 6. The summed E-state index contributed by atoms with van der Waals surface area (Å²) < 4.78 is 10.00. The lowest BCUT2D eigenvalue weighted by Gasteiger charge is -2.37. The molecule has 1 N–H and O–H groups in total. The Morgan fingerprint density at radius 1 is 0.933 bits per heavy atom. The lowest BCUT2D eigenvalue weighted by Crippen LogP contribution is -2.43. The molecule has 3 heterocycles. The van der Waals surface area contributed by atoms with Crippen LogP contribution >= 0.6 is 11.9 Å². The van der Waals surface area contributed by atoms with E-state index < -0.39 is 0 Å². The lowest BCUT2D eigenvalue weighted by atomic mass is 9.85. The number of nitrogens with zero attached hydrogens (tertiary/aromatic N) is 4. The van der Waals surface area contributed by atoms with Gasteiger partial charge in [-0.3, -0.25) is 9.71 Å². The van der Waals surface area contributed by atoms with Crippen molar-refractivity contribution in [1.82, 2.24) is 15.0 Å². The molecule has 1 fully saturated rings. The minimum Gasteiger partial charge on any atom is -0.475 e. The molecule has 2 aromatic heterocycles. The van der Waals surface area contributed by atoms with Gasteiger partial charge in [-0.25, -0.2) is 4.98 Å². The van der Waals surface area contributed by atoms with Crippen LogP contribution in [-0.2, 0) is 6.42 Å². The number of benzene rings is 2. The Kier molecular flexibility index (Phi) is 9.64. The van der Waals surface area contributed by atoms with Crippen molar-refractivity contribution in [3.05, 3.63) is 89.2 Å². The van der Waals surface area contributed by atoms with Crippen molar-refractivity contribution in [2.24, 2.45) is 5.41 Å². The summed E-state index contributed by atoms with van der Waals surface area (Å²) in [4.78, 5) is 18.3. The number of anilines is 2. The first-order chi connectivity index (χ1) is 21.7. The van der Waals surface area contributed by atoms with Gasteiger partial charge in [-0.05, 0) is 97.3 Å². The van der Waals surface area contributed by atoms with Crippen LogP contribution in [0.15, 0.2) is 71.8 Å². The van der Waals surface area contributed by atoms with E-state index in [0.29, 0.717) is 24.4 Å². The number of aromatic nitrogens is 3. The van der Waals surface area contributed by atoms with Gasteiger partial charge < -0.3 is 9.64 Å². The van der Waals surface area contributed by atoms with E-state index in [0.717, 1.165) is 41.2 Å². The first-order valence-electron chi connectivity index (χ1n) is 16.5. The fraction of sp³-hybridized carbons (Fsp3) is 0.447. The summed E-state index contributed by atoms with van der Waals surface area (Å²) in [7, 11) is 0. The molecule has 6 nitrogen and oxygen atoms in total. The van der Waals surface area contributed by atoms with Crippen molar-refractivity contribution < 1.29 is 4.74 Å². The third-order valence-electron chi connectivity index (χ3n) is 9.09. The fourth-order valence-corrected chi connectivity index (χ4v) is 7.51. The maximum atomic E-state index is 6.60. The molecule has 1 unspecified atom stereocenters. The average molecular weight is 622 g/mol. The normalized spacial score (nSPS) is 17.5. The Morgan fingerprint density at radius 2 is 1.71 bits per heavy atom. The van der Waals surface area contributed by atoms with Crippen LogP contribution in [0, 0.1) is 19.3 Å². The molecule has 6 rings (SSSR count). The average Bonchev–Trinajstić information content (AvgIpc) is 3.02. The second kappa shape index (κ2) is 13.8. The van der Waals surface area contributed by atoms with Gasteiger partial charge in [0.15, 0.2) is 0 Å². The molecule has 2 aromatic carbocycles. The summed E-state index contributed by atoms with van der Waals surface area (Å²) in [5, 5.41) is 0. The number of ether oxygens (including phenoxy) is 1. The van der Waals surface area contributed by atoms with Crippen LogP contribution in [0.2, 0.25) is 0 Å². The minimum absolute atomic E-state index is 0.109. The number of fused-ring (bicyclic) bond motifs is 4. The summed E-state index contributed by atoms with van der Waals surface area (Å²) in [6, 6.07) is 21.8. The Bertz CT molecular complexity index is 1570. The van der Waals surface area contributed by atoms with Crippen LogP contribution in [0.5, 0.6) is 5.88 Å². The molecule has 0 spiro atoms. The molecule has 0 amide bonds. The van der Waals surface area contributed by atoms with Crippen molar-refractivity contribution in [3.8, 4) is 17.1 Å². The number of pyridine rings is 1. The molecular formula is C38H47N5OS. The molecule has 4 aromatic rings.